The van der Waals surface area contributed by atoms with E-state index in [0.717, 1.165) is 5.56 Å². The molecule has 0 aliphatic heterocycles. The fraction of sp³-hybridized carbons (Fsp3) is 0.0769. The molecule has 0 saturated carbocycles. The lowest BCUT2D eigenvalue weighted by molar-refractivity contribution is -0.387. The molecule has 5 heteroatoms. The van der Waals surface area contributed by atoms with Crippen LogP contribution in [0.3, 0.4) is 0 Å². The lowest BCUT2D eigenvalue weighted by Gasteiger charge is -2.04. The van der Waals surface area contributed by atoms with Crippen LogP contribution in [0, 0.1) is 10.1 Å². The Labute approximate surface area is 109 Å². The van der Waals surface area contributed by atoms with Crippen molar-refractivity contribution in [1.29, 1.82) is 0 Å². The van der Waals surface area contributed by atoms with Crippen LogP contribution in [0.4, 0.5) is 11.4 Å². The van der Waals surface area contributed by atoms with Gasteiger partial charge in [-0.3, -0.25) is 10.1 Å². The monoisotopic (exact) mass is 260 g/mol. The molecule has 2 N–H and O–H groups in total. The van der Waals surface area contributed by atoms with E-state index >= 15 is 0 Å². The second-order valence-electron chi connectivity index (χ2n) is 3.76. The number of hydrogen-bond donors (Lipinski definition) is 1. The molecule has 4 nitrogen and oxygen atoms in total. The van der Waals surface area contributed by atoms with Crippen LogP contribution >= 0.6 is 11.8 Å². The molecule has 92 valence electrons. The van der Waals surface area contributed by atoms with Crippen molar-refractivity contribution in [1.82, 2.24) is 0 Å². The molecule has 0 aromatic heterocycles. The molecule has 0 atom stereocenters. The van der Waals surface area contributed by atoms with Crippen molar-refractivity contribution in [2.24, 2.45) is 0 Å². The Bertz CT molecular complexity index is 558. The van der Waals surface area contributed by atoms with E-state index in [1.165, 1.54) is 17.8 Å². The normalized spacial score (nSPS) is 10.2. The Hall–Kier alpha value is -2.01. The number of nitro groups is 1. The first-order valence-electron chi connectivity index (χ1n) is 5.37. The Morgan fingerprint density at radius 3 is 2.56 bits per heavy atom. The van der Waals surface area contributed by atoms with Gasteiger partial charge in [0.25, 0.3) is 5.69 Å². The van der Waals surface area contributed by atoms with Crippen LogP contribution < -0.4 is 5.73 Å². The first-order valence-corrected chi connectivity index (χ1v) is 6.36. The Kier molecular flexibility index (Phi) is 3.84. The first kappa shape index (κ1) is 12.4. The second-order valence-corrected chi connectivity index (χ2v) is 4.78. The number of benzene rings is 2. The summed E-state index contributed by atoms with van der Waals surface area (Å²) in [4.78, 5) is 11.2. The van der Waals surface area contributed by atoms with Gasteiger partial charge in [0.2, 0.25) is 0 Å². The van der Waals surface area contributed by atoms with E-state index in [0.29, 0.717) is 16.3 Å². The molecule has 2 aromatic rings. The summed E-state index contributed by atoms with van der Waals surface area (Å²) in [6, 6.07) is 14.6. The SMILES string of the molecule is Nc1ccc(SCc2ccccc2)c([N+](=O)[O-])c1. The lowest BCUT2D eigenvalue weighted by Crippen LogP contribution is -1.94. The third-order valence-corrected chi connectivity index (χ3v) is 3.55. The highest BCUT2D eigenvalue weighted by molar-refractivity contribution is 7.98. The third kappa shape index (κ3) is 3.01. The van der Waals surface area contributed by atoms with Gasteiger partial charge in [-0.25, -0.2) is 0 Å². The average molecular weight is 260 g/mol. The van der Waals surface area contributed by atoms with Crippen molar-refractivity contribution in [2.75, 3.05) is 5.73 Å². The zero-order valence-electron chi connectivity index (χ0n) is 9.58. The van der Waals surface area contributed by atoms with E-state index in [4.69, 9.17) is 5.73 Å². The zero-order valence-corrected chi connectivity index (χ0v) is 10.4. The van der Waals surface area contributed by atoms with E-state index in [1.54, 1.807) is 12.1 Å². The predicted octanol–water partition coefficient (Wildman–Crippen LogP) is 3.47. The standard InChI is InChI=1S/C13H12N2O2S/c14-11-6-7-13(12(8-11)15(16)17)18-9-10-4-2-1-3-5-10/h1-8H,9,14H2. The second kappa shape index (κ2) is 5.55. The maximum absolute atomic E-state index is 10.9. The molecule has 0 fully saturated rings. The van der Waals surface area contributed by atoms with Crippen molar-refractivity contribution in [3.63, 3.8) is 0 Å². The van der Waals surface area contributed by atoms with Crippen molar-refractivity contribution in [3.8, 4) is 0 Å². The summed E-state index contributed by atoms with van der Waals surface area (Å²) in [5.41, 5.74) is 7.17. The lowest BCUT2D eigenvalue weighted by atomic mass is 10.2. The topological polar surface area (TPSA) is 69.2 Å². The molecule has 0 radical (unpaired) electrons. The van der Waals surface area contributed by atoms with Gasteiger partial charge in [0, 0.05) is 17.5 Å². The maximum Gasteiger partial charge on any atom is 0.284 e. The maximum atomic E-state index is 10.9. The Morgan fingerprint density at radius 1 is 1.17 bits per heavy atom. The van der Waals surface area contributed by atoms with Crippen molar-refractivity contribution >= 4 is 23.1 Å². The average Bonchev–Trinajstić information content (AvgIpc) is 2.38. The Morgan fingerprint density at radius 2 is 1.89 bits per heavy atom. The van der Waals surface area contributed by atoms with Gasteiger partial charge in [0.1, 0.15) is 0 Å². The molecule has 0 saturated heterocycles. The van der Waals surface area contributed by atoms with Gasteiger partial charge >= 0.3 is 0 Å². The number of anilines is 1. The minimum atomic E-state index is -0.399. The molecular weight excluding hydrogens is 248 g/mol. The van der Waals surface area contributed by atoms with Crippen LogP contribution in [0.25, 0.3) is 0 Å². The molecule has 2 aromatic carbocycles. The van der Waals surface area contributed by atoms with Gasteiger partial charge < -0.3 is 5.73 Å². The molecule has 0 unspecified atom stereocenters. The number of nitrogens with two attached hydrogens (primary N) is 1. The third-order valence-electron chi connectivity index (χ3n) is 2.42. The molecule has 18 heavy (non-hydrogen) atoms. The van der Waals surface area contributed by atoms with Crippen LogP contribution in [0.15, 0.2) is 53.4 Å². The van der Waals surface area contributed by atoms with E-state index in [2.05, 4.69) is 0 Å². The highest BCUT2D eigenvalue weighted by Gasteiger charge is 2.14. The van der Waals surface area contributed by atoms with Crippen LogP contribution in [-0.2, 0) is 5.75 Å². The summed E-state index contributed by atoms with van der Waals surface area (Å²) in [5.74, 6) is 0.700. The fourth-order valence-corrected chi connectivity index (χ4v) is 2.49. The van der Waals surface area contributed by atoms with Crippen LogP contribution in [-0.4, -0.2) is 4.92 Å². The van der Waals surface area contributed by atoms with Crippen LogP contribution in [0.5, 0.6) is 0 Å². The summed E-state index contributed by atoms with van der Waals surface area (Å²) in [5, 5.41) is 10.9. The molecule has 0 aliphatic rings. The van der Waals surface area contributed by atoms with E-state index in [1.807, 2.05) is 30.3 Å². The van der Waals surface area contributed by atoms with E-state index in [9.17, 15) is 10.1 Å². The fourth-order valence-electron chi connectivity index (χ4n) is 1.53. The summed E-state index contributed by atoms with van der Waals surface area (Å²) in [6.45, 7) is 0. The van der Waals surface area contributed by atoms with Crippen LogP contribution in [0.1, 0.15) is 5.56 Å². The highest BCUT2D eigenvalue weighted by Crippen LogP contribution is 2.32. The highest BCUT2D eigenvalue weighted by atomic mass is 32.2. The molecule has 0 aliphatic carbocycles. The molecule has 0 spiro atoms. The smallest absolute Gasteiger partial charge is 0.284 e. The van der Waals surface area contributed by atoms with Crippen LogP contribution in [0.2, 0.25) is 0 Å². The number of hydrogen-bond acceptors (Lipinski definition) is 4. The van der Waals surface area contributed by atoms with Gasteiger partial charge in [-0.2, -0.15) is 0 Å². The van der Waals surface area contributed by atoms with Crippen molar-refractivity contribution in [2.45, 2.75) is 10.6 Å². The summed E-state index contributed by atoms with van der Waals surface area (Å²) in [6.07, 6.45) is 0. The summed E-state index contributed by atoms with van der Waals surface area (Å²) < 4.78 is 0. The molecule has 2 rings (SSSR count). The number of nitrogen functional groups attached to an aromatic ring is 1. The molecule has 0 bridgehead atoms. The molecule has 0 amide bonds. The van der Waals surface area contributed by atoms with E-state index < -0.39 is 4.92 Å². The van der Waals surface area contributed by atoms with Crippen molar-refractivity contribution in [3.05, 3.63) is 64.2 Å². The van der Waals surface area contributed by atoms with Crippen molar-refractivity contribution < 1.29 is 4.92 Å². The minimum absolute atomic E-state index is 0.0657. The molecule has 0 heterocycles. The first-order chi connectivity index (χ1) is 8.66. The largest absolute Gasteiger partial charge is 0.399 e. The summed E-state index contributed by atoms with van der Waals surface area (Å²) in [7, 11) is 0. The number of nitro benzene ring substituents is 1. The number of thioether (sulfide) groups is 1. The quantitative estimate of drug-likeness (QED) is 0.395. The number of nitrogens with zero attached hydrogens (tertiary/aromatic N) is 1. The van der Waals surface area contributed by atoms with Gasteiger partial charge in [-0.15, -0.1) is 11.8 Å². The van der Waals surface area contributed by atoms with Gasteiger partial charge in [-0.05, 0) is 17.7 Å². The van der Waals surface area contributed by atoms with Gasteiger partial charge in [-0.1, -0.05) is 30.3 Å². The zero-order chi connectivity index (χ0) is 13.0. The minimum Gasteiger partial charge on any atom is -0.399 e. The number of rotatable bonds is 4. The van der Waals surface area contributed by atoms with E-state index in [-0.39, 0.29) is 5.69 Å². The predicted molar refractivity (Wildman–Crippen MR) is 73.5 cm³/mol. The Balaban J connectivity index is 2.17. The van der Waals surface area contributed by atoms with Gasteiger partial charge in [0.05, 0.1) is 9.82 Å². The van der Waals surface area contributed by atoms with Gasteiger partial charge in [0.15, 0.2) is 0 Å². The molecular formula is C13H12N2O2S. The summed E-state index contributed by atoms with van der Waals surface area (Å²) >= 11 is 1.44.